The molecule has 0 N–H and O–H groups in total. The van der Waals surface area contributed by atoms with Gasteiger partial charge in [-0.15, -0.1) is 11.8 Å². The fourth-order valence-corrected chi connectivity index (χ4v) is 4.33. The number of carbonyl (C=O) groups is 1. The maximum Gasteiger partial charge on any atom is 0.269 e. The normalized spacial score (nSPS) is 16.7. The number of non-ortho nitro benzene ring substituents is 1. The molecule has 27 heavy (non-hydrogen) atoms. The first-order valence-corrected chi connectivity index (χ1v) is 9.32. The number of anilines is 1. The number of carbonyl (C=O) groups excluding carboxylic acids is 1. The topological polar surface area (TPSA) is 76.6 Å². The van der Waals surface area contributed by atoms with Crippen molar-refractivity contribution in [2.24, 2.45) is 0 Å². The minimum absolute atomic E-state index is 0.00722. The maximum atomic E-state index is 13.0. The second-order valence-corrected chi connectivity index (χ2v) is 7.44. The van der Waals surface area contributed by atoms with Crippen LogP contribution in [0.3, 0.4) is 0 Å². The van der Waals surface area contributed by atoms with Crippen molar-refractivity contribution in [1.82, 2.24) is 0 Å². The predicted molar refractivity (Wildman–Crippen MR) is 103 cm³/mol. The first-order chi connectivity index (χ1) is 13.1. The molecular formula is C20H16N2O4S. The van der Waals surface area contributed by atoms with Gasteiger partial charge in [0.25, 0.3) is 5.69 Å². The lowest BCUT2D eigenvalue weighted by Gasteiger charge is -2.22. The van der Waals surface area contributed by atoms with E-state index in [0.29, 0.717) is 13.0 Å². The molecule has 1 unspecified atom stereocenters. The number of nitro groups is 1. The van der Waals surface area contributed by atoms with Gasteiger partial charge in [-0.3, -0.25) is 14.9 Å². The van der Waals surface area contributed by atoms with Crippen LogP contribution in [0.1, 0.15) is 23.0 Å². The molecule has 2 aromatic carbocycles. The van der Waals surface area contributed by atoms with Crippen molar-refractivity contribution in [2.45, 2.75) is 23.1 Å². The Balaban J connectivity index is 1.66. The van der Waals surface area contributed by atoms with Gasteiger partial charge in [-0.05, 0) is 29.8 Å². The Labute approximate surface area is 159 Å². The van der Waals surface area contributed by atoms with Gasteiger partial charge in [-0.2, -0.15) is 0 Å². The molecular weight excluding hydrogens is 364 g/mol. The van der Waals surface area contributed by atoms with Crippen LogP contribution in [0.5, 0.6) is 0 Å². The number of para-hydroxylation sites is 1. The molecule has 0 fully saturated rings. The minimum Gasteiger partial charge on any atom is -0.468 e. The highest BCUT2D eigenvalue weighted by Crippen LogP contribution is 2.45. The smallest absolute Gasteiger partial charge is 0.269 e. The Morgan fingerprint density at radius 2 is 1.89 bits per heavy atom. The summed E-state index contributed by atoms with van der Waals surface area (Å²) >= 11 is 1.61. The monoisotopic (exact) mass is 380 g/mol. The van der Waals surface area contributed by atoms with E-state index in [9.17, 15) is 14.9 Å². The Morgan fingerprint density at radius 3 is 2.59 bits per heavy atom. The predicted octanol–water partition coefficient (Wildman–Crippen LogP) is 4.96. The zero-order chi connectivity index (χ0) is 18.8. The van der Waals surface area contributed by atoms with E-state index in [-0.39, 0.29) is 16.8 Å². The van der Waals surface area contributed by atoms with Gasteiger partial charge in [0.15, 0.2) is 0 Å². The summed E-state index contributed by atoms with van der Waals surface area (Å²) in [6, 6.07) is 17.8. The molecule has 0 bridgehead atoms. The van der Waals surface area contributed by atoms with Crippen LogP contribution in [0.25, 0.3) is 0 Å². The van der Waals surface area contributed by atoms with Gasteiger partial charge in [0.2, 0.25) is 5.91 Å². The molecule has 0 aliphatic carbocycles. The number of amides is 1. The quantitative estimate of drug-likeness (QED) is 0.472. The van der Waals surface area contributed by atoms with Crippen LogP contribution in [0.15, 0.2) is 76.2 Å². The van der Waals surface area contributed by atoms with Crippen molar-refractivity contribution in [2.75, 3.05) is 4.90 Å². The second-order valence-electron chi connectivity index (χ2n) is 6.20. The lowest BCUT2D eigenvalue weighted by atomic mass is 10.1. The van der Waals surface area contributed by atoms with Gasteiger partial charge in [0.05, 0.1) is 28.7 Å². The molecule has 1 aliphatic heterocycles. The lowest BCUT2D eigenvalue weighted by molar-refractivity contribution is -0.384. The highest BCUT2D eigenvalue weighted by Gasteiger charge is 2.30. The fourth-order valence-electron chi connectivity index (χ4n) is 3.09. The molecule has 1 amide bonds. The number of nitrogens with zero attached hydrogens (tertiary/aromatic N) is 2. The number of hydrogen-bond acceptors (Lipinski definition) is 5. The van der Waals surface area contributed by atoms with Crippen LogP contribution in [0.4, 0.5) is 11.4 Å². The van der Waals surface area contributed by atoms with Gasteiger partial charge in [-0.1, -0.05) is 24.3 Å². The Bertz CT molecular complexity index is 970. The molecule has 2 heterocycles. The molecule has 0 saturated heterocycles. The summed E-state index contributed by atoms with van der Waals surface area (Å²) in [5.41, 5.74) is 1.72. The van der Waals surface area contributed by atoms with Crippen LogP contribution in [0, 0.1) is 10.1 Å². The average molecular weight is 380 g/mol. The first kappa shape index (κ1) is 17.4. The maximum absolute atomic E-state index is 13.0. The summed E-state index contributed by atoms with van der Waals surface area (Å²) in [6.07, 6.45) is 1.94. The SMILES string of the molecule is O=C1CC(c2ccco2)Sc2ccccc2N1Cc1ccc([N+](=O)[O-])cc1. The molecule has 4 rings (SSSR count). The zero-order valence-corrected chi connectivity index (χ0v) is 15.1. The Hall–Kier alpha value is -3.06. The van der Waals surface area contributed by atoms with Gasteiger partial charge < -0.3 is 9.32 Å². The van der Waals surface area contributed by atoms with Crippen LogP contribution < -0.4 is 4.90 Å². The summed E-state index contributed by atoms with van der Waals surface area (Å²) < 4.78 is 5.53. The van der Waals surface area contributed by atoms with E-state index in [4.69, 9.17) is 4.42 Å². The van der Waals surface area contributed by atoms with Gasteiger partial charge in [0.1, 0.15) is 5.76 Å². The van der Waals surface area contributed by atoms with Gasteiger partial charge in [0, 0.05) is 23.4 Å². The summed E-state index contributed by atoms with van der Waals surface area (Å²) in [5, 5.41) is 10.8. The van der Waals surface area contributed by atoms with Crippen LogP contribution in [-0.4, -0.2) is 10.8 Å². The van der Waals surface area contributed by atoms with Crippen LogP contribution in [-0.2, 0) is 11.3 Å². The highest BCUT2D eigenvalue weighted by molar-refractivity contribution is 7.99. The van der Waals surface area contributed by atoms with Gasteiger partial charge in [-0.25, -0.2) is 0 Å². The zero-order valence-electron chi connectivity index (χ0n) is 14.3. The summed E-state index contributed by atoms with van der Waals surface area (Å²) in [7, 11) is 0. The van der Waals surface area contributed by atoms with Gasteiger partial charge >= 0.3 is 0 Å². The third kappa shape index (κ3) is 3.59. The minimum atomic E-state index is -0.430. The molecule has 1 atom stereocenters. The third-order valence-electron chi connectivity index (χ3n) is 4.43. The van der Waals surface area contributed by atoms with E-state index in [0.717, 1.165) is 21.9 Å². The fraction of sp³-hybridized carbons (Fsp3) is 0.150. The first-order valence-electron chi connectivity index (χ1n) is 8.44. The molecule has 0 radical (unpaired) electrons. The Morgan fingerprint density at radius 1 is 1.11 bits per heavy atom. The van der Waals surface area contributed by atoms with E-state index < -0.39 is 4.92 Å². The standard InChI is InChI=1S/C20H16N2O4S/c23-20-12-19(17-5-3-11-26-17)27-18-6-2-1-4-16(18)21(20)13-14-7-9-15(10-8-14)22(24)25/h1-11,19H,12-13H2. The average Bonchev–Trinajstić information content (AvgIpc) is 3.17. The van der Waals surface area contributed by atoms with Crippen molar-refractivity contribution in [3.63, 3.8) is 0 Å². The second kappa shape index (κ2) is 7.28. The molecule has 136 valence electrons. The molecule has 0 saturated carbocycles. The molecule has 1 aromatic heterocycles. The number of hydrogen-bond donors (Lipinski definition) is 0. The van der Waals surface area contributed by atoms with E-state index >= 15 is 0 Å². The number of furan rings is 1. The van der Waals surface area contributed by atoms with Crippen molar-refractivity contribution in [3.8, 4) is 0 Å². The van der Waals surface area contributed by atoms with Crippen molar-refractivity contribution < 1.29 is 14.1 Å². The van der Waals surface area contributed by atoms with E-state index in [2.05, 4.69) is 0 Å². The number of benzene rings is 2. The summed E-state index contributed by atoms with van der Waals surface area (Å²) in [5.74, 6) is 0.771. The van der Waals surface area contributed by atoms with E-state index in [1.54, 1.807) is 35.1 Å². The molecule has 7 heteroatoms. The molecule has 6 nitrogen and oxygen atoms in total. The molecule has 0 spiro atoms. The number of rotatable bonds is 4. The number of fused-ring (bicyclic) bond motifs is 1. The molecule has 3 aromatic rings. The number of thioether (sulfide) groups is 1. The van der Waals surface area contributed by atoms with Crippen molar-refractivity contribution in [3.05, 3.63) is 88.4 Å². The largest absolute Gasteiger partial charge is 0.468 e. The van der Waals surface area contributed by atoms with E-state index in [1.807, 2.05) is 36.4 Å². The lowest BCUT2D eigenvalue weighted by Crippen LogP contribution is -2.30. The number of nitro benzene ring substituents is 1. The van der Waals surface area contributed by atoms with Crippen LogP contribution >= 0.6 is 11.8 Å². The Kier molecular flexibility index (Phi) is 4.68. The third-order valence-corrected chi connectivity index (χ3v) is 5.72. The van der Waals surface area contributed by atoms with Crippen LogP contribution in [0.2, 0.25) is 0 Å². The van der Waals surface area contributed by atoms with E-state index in [1.165, 1.54) is 12.1 Å². The van der Waals surface area contributed by atoms with Crippen molar-refractivity contribution in [1.29, 1.82) is 0 Å². The summed E-state index contributed by atoms with van der Waals surface area (Å²) in [4.78, 5) is 26.2. The summed E-state index contributed by atoms with van der Waals surface area (Å²) in [6.45, 7) is 0.360. The highest BCUT2D eigenvalue weighted by atomic mass is 32.2. The molecule has 1 aliphatic rings. The van der Waals surface area contributed by atoms with Crippen molar-refractivity contribution >= 4 is 29.0 Å².